The molecule has 0 radical (unpaired) electrons. The molecule has 1 amide bonds. The second-order valence-electron chi connectivity index (χ2n) is 8.29. The van der Waals surface area contributed by atoms with Crippen molar-refractivity contribution in [1.29, 1.82) is 0 Å². The quantitative estimate of drug-likeness (QED) is 0.586. The first-order valence-corrected chi connectivity index (χ1v) is 11.2. The fourth-order valence-electron chi connectivity index (χ4n) is 4.61. The number of nitrogens with one attached hydrogen (secondary N) is 2. The van der Waals surface area contributed by atoms with Gasteiger partial charge in [0, 0.05) is 48.8 Å². The maximum absolute atomic E-state index is 13.5. The minimum atomic E-state index is -0.272. The number of aromatic nitrogens is 2. The van der Waals surface area contributed by atoms with Crippen LogP contribution in [0.4, 0.5) is 0 Å². The Hall–Kier alpha value is -2.39. The fourth-order valence-corrected chi connectivity index (χ4v) is 5.27. The van der Waals surface area contributed by atoms with E-state index in [1.54, 1.807) is 18.9 Å². The molecule has 2 aromatic heterocycles. The summed E-state index contributed by atoms with van der Waals surface area (Å²) in [6.45, 7) is 3.91. The van der Waals surface area contributed by atoms with Crippen LogP contribution in [0.25, 0.3) is 11.0 Å². The second kappa shape index (κ2) is 8.19. The molecule has 1 unspecified atom stereocenters. The highest BCUT2D eigenvalue weighted by molar-refractivity contribution is 6.37. The molecule has 1 saturated heterocycles. The highest BCUT2D eigenvalue weighted by Gasteiger charge is 2.35. The molecule has 1 fully saturated rings. The Morgan fingerprint density at radius 3 is 2.81 bits per heavy atom. The smallest absolute Gasteiger partial charge is 0.256 e. The third-order valence-electron chi connectivity index (χ3n) is 6.44. The average molecular weight is 477 g/mol. The number of carbonyl (C=O) groups is 1. The number of hydrogen-bond acceptors (Lipinski definition) is 6. The summed E-state index contributed by atoms with van der Waals surface area (Å²) in [4.78, 5) is 30.6. The Morgan fingerprint density at radius 2 is 2.12 bits per heavy atom. The molecular formula is C22H22Cl2N4O4. The molecule has 32 heavy (non-hydrogen) atoms. The Labute approximate surface area is 193 Å². The van der Waals surface area contributed by atoms with Gasteiger partial charge < -0.3 is 24.5 Å². The normalized spacial score (nSPS) is 17.5. The number of amides is 1. The van der Waals surface area contributed by atoms with Crippen LogP contribution >= 0.6 is 23.2 Å². The zero-order valence-electron chi connectivity index (χ0n) is 17.6. The van der Waals surface area contributed by atoms with Crippen LogP contribution in [0, 0.1) is 12.8 Å². The summed E-state index contributed by atoms with van der Waals surface area (Å²) < 4.78 is 11.0. The lowest BCUT2D eigenvalue weighted by molar-refractivity contribution is 0.0292. The first kappa shape index (κ1) is 21.5. The lowest BCUT2D eigenvalue weighted by Crippen LogP contribution is -2.46. The number of hydrogen-bond donors (Lipinski definition) is 2. The van der Waals surface area contributed by atoms with Crippen LogP contribution in [-0.4, -0.2) is 47.7 Å². The number of carbonyl (C=O) groups excluding carboxylic acids is 1. The average Bonchev–Trinajstić information content (AvgIpc) is 3.22. The van der Waals surface area contributed by atoms with Crippen LogP contribution in [0.2, 0.25) is 10.0 Å². The molecule has 1 aromatic carbocycles. The largest absolute Gasteiger partial charge is 0.376 e. The molecule has 0 aliphatic carbocycles. The van der Waals surface area contributed by atoms with E-state index in [4.69, 9.17) is 32.5 Å². The summed E-state index contributed by atoms with van der Waals surface area (Å²) >= 11 is 13.4. The number of aryl methyl sites for hydroxylation is 1. The zero-order chi connectivity index (χ0) is 22.6. The van der Waals surface area contributed by atoms with E-state index in [1.807, 2.05) is 6.07 Å². The van der Waals surface area contributed by atoms with Crippen LogP contribution in [-0.2, 0) is 17.7 Å². The molecule has 0 saturated carbocycles. The van der Waals surface area contributed by atoms with E-state index in [2.05, 4.69) is 15.5 Å². The fraction of sp³-hybridized carbons (Fsp3) is 0.409. The number of methoxy groups -OCH3 is 1. The molecule has 0 spiro atoms. The van der Waals surface area contributed by atoms with Gasteiger partial charge in [0.15, 0.2) is 5.58 Å². The molecule has 2 aliphatic rings. The van der Waals surface area contributed by atoms with Crippen molar-refractivity contribution in [2.24, 2.45) is 5.92 Å². The number of pyridine rings is 1. The number of nitrogens with zero attached hydrogens (tertiary/aromatic N) is 2. The molecule has 5 rings (SSSR count). The number of benzene rings is 1. The van der Waals surface area contributed by atoms with Gasteiger partial charge in [-0.05, 0) is 25.0 Å². The van der Waals surface area contributed by atoms with Gasteiger partial charge in [-0.3, -0.25) is 9.59 Å². The molecule has 4 heterocycles. The summed E-state index contributed by atoms with van der Waals surface area (Å²) in [5.74, 6) is 0.000529. The molecule has 10 heteroatoms. The minimum absolute atomic E-state index is 0.115. The minimum Gasteiger partial charge on any atom is -0.376 e. The third kappa shape index (κ3) is 3.33. The van der Waals surface area contributed by atoms with E-state index in [-0.39, 0.29) is 30.0 Å². The van der Waals surface area contributed by atoms with E-state index in [9.17, 15) is 9.59 Å². The van der Waals surface area contributed by atoms with Crippen molar-refractivity contribution in [2.75, 3.05) is 26.7 Å². The van der Waals surface area contributed by atoms with Crippen molar-refractivity contribution in [3.8, 4) is 0 Å². The Bertz CT molecular complexity index is 1280. The van der Waals surface area contributed by atoms with Crippen molar-refractivity contribution in [1.82, 2.24) is 20.4 Å². The van der Waals surface area contributed by atoms with Crippen LogP contribution < -0.4 is 10.9 Å². The number of aromatic amines is 1. The predicted octanol–water partition coefficient (Wildman–Crippen LogP) is 3.24. The maximum atomic E-state index is 13.5. The summed E-state index contributed by atoms with van der Waals surface area (Å²) in [5, 5.41) is 8.52. The molecule has 1 atom stereocenters. The number of halogens is 2. The van der Waals surface area contributed by atoms with E-state index >= 15 is 0 Å². The Balaban J connectivity index is 1.54. The van der Waals surface area contributed by atoms with Crippen molar-refractivity contribution in [2.45, 2.75) is 26.0 Å². The van der Waals surface area contributed by atoms with Crippen molar-refractivity contribution >= 4 is 40.1 Å². The number of rotatable bonds is 5. The van der Waals surface area contributed by atoms with E-state index in [0.29, 0.717) is 56.4 Å². The highest BCUT2D eigenvalue weighted by atomic mass is 35.5. The van der Waals surface area contributed by atoms with Crippen molar-refractivity contribution < 1.29 is 14.1 Å². The first-order valence-electron chi connectivity index (χ1n) is 10.4. The van der Waals surface area contributed by atoms with Gasteiger partial charge >= 0.3 is 0 Å². The Kier molecular flexibility index (Phi) is 5.49. The van der Waals surface area contributed by atoms with Gasteiger partial charge in [-0.1, -0.05) is 28.4 Å². The molecule has 168 valence electrons. The van der Waals surface area contributed by atoms with E-state index < -0.39 is 0 Å². The topological polar surface area (TPSA) is 100 Å². The molecule has 2 N–H and O–H groups in total. The van der Waals surface area contributed by atoms with Crippen molar-refractivity contribution in [3.05, 3.63) is 60.6 Å². The first-order chi connectivity index (χ1) is 15.4. The van der Waals surface area contributed by atoms with Crippen LogP contribution in [0.1, 0.15) is 38.8 Å². The van der Waals surface area contributed by atoms with Crippen molar-refractivity contribution in [3.63, 3.8) is 0 Å². The van der Waals surface area contributed by atoms with Gasteiger partial charge in [-0.15, -0.1) is 0 Å². The van der Waals surface area contributed by atoms with Gasteiger partial charge in [-0.2, -0.15) is 0 Å². The number of fused-ring (bicyclic) bond motifs is 2. The zero-order valence-corrected chi connectivity index (χ0v) is 19.1. The SMILES string of the molecule is COC(c1cc(Cl)c2c(c1Cl)C(=O)N(Cc1c(=O)[nH]c(C)c3oncc13)CC2)C1CNC1. The lowest BCUT2D eigenvalue weighted by Gasteiger charge is -2.36. The van der Waals surface area contributed by atoms with Crippen LogP contribution in [0.5, 0.6) is 0 Å². The summed E-state index contributed by atoms with van der Waals surface area (Å²) in [6, 6.07) is 1.82. The summed E-state index contributed by atoms with van der Waals surface area (Å²) in [7, 11) is 1.63. The third-order valence-corrected chi connectivity index (χ3v) is 7.18. The van der Waals surface area contributed by atoms with Gasteiger partial charge in [0.25, 0.3) is 11.5 Å². The van der Waals surface area contributed by atoms with Crippen LogP contribution in [0.3, 0.4) is 0 Å². The van der Waals surface area contributed by atoms with Gasteiger partial charge in [0.05, 0.1) is 40.5 Å². The molecule has 2 aliphatic heterocycles. The molecule has 3 aromatic rings. The van der Waals surface area contributed by atoms with Crippen LogP contribution in [0.15, 0.2) is 21.6 Å². The van der Waals surface area contributed by atoms with E-state index in [1.165, 1.54) is 6.20 Å². The summed E-state index contributed by atoms with van der Waals surface area (Å²) in [6.07, 6.45) is 1.79. The maximum Gasteiger partial charge on any atom is 0.256 e. The molecular weight excluding hydrogens is 455 g/mol. The molecule has 0 bridgehead atoms. The van der Waals surface area contributed by atoms with Gasteiger partial charge in [-0.25, -0.2) is 0 Å². The number of H-pyrrole nitrogens is 1. The van der Waals surface area contributed by atoms with E-state index in [0.717, 1.165) is 18.7 Å². The second-order valence-corrected chi connectivity index (χ2v) is 9.08. The predicted molar refractivity (Wildman–Crippen MR) is 120 cm³/mol. The lowest BCUT2D eigenvalue weighted by atomic mass is 9.87. The Morgan fingerprint density at radius 1 is 1.34 bits per heavy atom. The summed E-state index contributed by atoms with van der Waals surface area (Å²) in [5.41, 5.74) is 3.09. The van der Waals surface area contributed by atoms with Gasteiger partial charge in [0.2, 0.25) is 0 Å². The van der Waals surface area contributed by atoms with Gasteiger partial charge in [0.1, 0.15) is 0 Å². The monoisotopic (exact) mass is 476 g/mol. The number of ether oxygens (including phenoxy) is 1. The standard InChI is InChI=1S/C22H22Cl2N4O4/c1-10-19-14(8-26-32-19)15(21(29)27-10)9-28-4-3-12-16(23)5-13(18(24)17(12)22(28)30)20(31-2)11-6-25-7-11/h5,8,11,20,25H,3-4,6-7,9H2,1-2H3,(H,27,29). The molecule has 8 nitrogen and oxygen atoms in total. The highest BCUT2D eigenvalue weighted by Crippen LogP contribution is 2.41.